The summed E-state index contributed by atoms with van der Waals surface area (Å²) >= 11 is 6.43. The maximum atomic E-state index is 6.43. The lowest BCUT2D eigenvalue weighted by Crippen LogP contribution is -2.39. The third kappa shape index (κ3) is 5.80. The van der Waals surface area contributed by atoms with Gasteiger partial charge >= 0.3 is 0 Å². The zero-order chi connectivity index (χ0) is 15.8. The molecule has 130 valence electrons. The van der Waals surface area contributed by atoms with Gasteiger partial charge in [0.15, 0.2) is 5.96 Å². The number of halogens is 2. The maximum Gasteiger partial charge on any atom is 0.188 e. The number of hydrogen-bond acceptors (Lipinski definition) is 2. The molecule has 6 heteroatoms. The van der Waals surface area contributed by atoms with Crippen molar-refractivity contribution in [2.45, 2.75) is 38.0 Å². The Morgan fingerprint density at radius 3 is 2.70 bits per heavy atom. The molecule has 4 nitrogen and oxygen atoms in total. The van der Waals surface area contributed by atoms with Gasteiger partial charge in [-0.1, -0.05) is 43.1 Å². The van der Waals surface area contributed by atoms with Crippen LogP contribution in [-0.4, -0.2) is 32.3 Å². The van der Waals surface area contributed by atoms with Gasteiger partial charge in [-0.3, -0.25) is 4.99 Å². The second-order valence-electron chi connectivity index (χ2n) is 5.85. The van der Waals surface area contributed by atoms with Crippen molar-refractivity contribution in [1.29, 1.82) is 0 Å². The minimum absolute atomic E-state index is 0. The van der Waals surface area contributed by atoms with Gasteiger partial charge < -0.3 is 15.8 Å². The number of hydrogen-bond donors (Lipinski definition) is 2. The lowest BCUT2D eigenvalue weighted by atomic mass is 9.74. The molecule has 23 heavy (non-hydrogen) atoms. The van der Waals surface area contributed by atoms with Crippen LogP contribution in [0.5, 0.6) is 0 Å². The molecule has 0 aliphatic carbocycles. The Bertz CT molecular complexity index is 504. The summed E-state index contributed by atoms with van der Waals surface area (Å²) in [5.41, 5.74) is 7.06. The SMILES string of the molecule is CCCCNC(N)=NCC1(c2ccccc2Cl)CCOCC1.I. The fourth-order valence-electron chi connectivity index (χ4n) is 2.85. The van der Waals surface area contributed by atoms with E-state index in [4.69, 9.17) is 22.1 Å². The van der Waals surface area contributed by atoms with Crippen LogP contribution in [0.3, 0.4) is 0 Å². The number of aliphatic imine (C=N–C) groups is 1. The molecule has 0 amide bonds. The minimum Gasteiger partial charge on any atom is -0.381 e. The molecule has 3 N–H and O–H groups in total. The number of ether oxygens (including phenoxy) is 1. The van der Waals surface area contributed by atoms with Crippen LogP contribution in [0.1, 0.15) is 38.2 Å². The van der Waals surface area contributed by atoms with E-state index in [2.05, 4.69) is 23.3 Å². The second-order valence-corrected chi connectivity index (χ2v) is 6.26. The van der Waals surface area contributed by atoms with Crippen molar-refractivity contribution in [3.63, 3.8) is 0 Å². The topological polar surface area (TPSA) is 59.6 Å². The van der Waals surface area contributed by atoms with E-state index in [0.29, 0.717) is 12.5 Å². The van der Waals surface area contributed by atoms with Gasteiger partial charge in [0.05, 0.1) is 6.54 Å². The highest BCUT2D eigenvalue weighted by Gasteiger charge is 2.35. The van der Waals surface area contributed by atoms with Gasteiger partial charge in [-0.05, 0) is 30.9 Å². The number of benzene rings is 1. The van der Waals surface area contributed by atoms with Crippen molar-refractivity contribution in [2.75, 3.05) is 26.3 Å². The van der Waals surface area contributed by atoms with Crippen molar-refractivity contribution >= 4 is 41.5 Å². The summed E-state index contributed by atoms with van der Waals surface area (Å²) in [4.78, 5) is 4.58. The Hall–Kier alpha value is -0.530. The molecule has 1 heterocycles. The van der Waals surface area contributed by atoms with Crippen LogP contribution in [0.4, 0.5) is 0 Å². The first kappa shape index (κ1) is 20.5. The fourth-order valence-corrected chi connectivity index (χ4v) is 3.19. The Labute approximate surface area is 161 Å². The van der Waals surface area contributed by atoms with Crippen molar-refractivity contribution < 1.29 is 4.74 Å². The molecule has 0 radical (unpaired) electrons. The zero-order valence-corrected chi connectivity index (χ0v) is 16.8. The standard InChI is InChI=1S/C17H26ClN3O.HI/c1-2-3-10-20-16(19)21-13-17(8-11-22-12-9-17)14-6-4-5-7-15(14)18;/h4-7H,2-3,8-13H2,1H3,(H3,19,20,21);1H. The molecule has 0 aromatic heterocycles. The summed E-state index contributed by atoms with van der Waals surface area (Å²) in [5, 5.41) is 3.97. The molecule has 0 atom stereocenters. The average molecular weight is 452 g/mol. The predicted molar refractivity (Wildman–Crippen MR) is 108 cm³/mol. The molecule has 0 spiro atoms. The number of nitrogens with two attached hydrogens (primary N) is 1. The van der Waals surface area contributed by atoms with Crippen molar-refractivity contribution in [3.8, 4) is 0 Å². The van der Waals surface area contributed by atoms with Crippen molar-refractivity contribution in [1.82, 2.24) is 5.32 Å². The van der Waals surface area contributed by atoms with Crippen molar-refractivity contribution in [3.05, 3.63) is 34.9 Å². The highest BCUT2D eigenvalue weighted by Crippen LogP contribution is 2.38. The average Bonchev–Trinajstić information content (AvgIpc) is 2.54. The zero-order valence-electron chi connectivity index (χ0n) is 13.7. The van der Waals surface area contributed by atoms with E-state index in [1.54, 1.807) is 0 Å². The molecule has 1 aromatic carbocycles. The molecular formula is C17H27ClIN3O. The van der Waals surface area contributed by atoms with Gasteiger partial charge in [0.1, 0.15) is 0 Å². The Kier molecular flexibility index (Phi) is 9.24. The van der Waals surface area contributed by atoms with E-state index < -0.39 is 0 Å². The normalized spacial score (nSPS) is 17.4. The number of guanidine groups is 1. The molecule has 0 saturated carbocycles. The first-order chi connectivity index (χ1) is 10.7. The van der Waals surface area contributed by atoms with Crippen molar-refractivity contribution in [2.24, 2.45) is 10.7 Å². The summed E-state index contributed by atoms with van der Waals surface area (Å²) in [7, 11) is 0. The van der Waals surface area contributed by atoms with Gasteiger partial charge in [0.2, 0.25) is 0 Å². The third-order valence-corrected chi connectivity index (χ3v) is 4.61. The summed E-state index contributed by atoms with van der Waals surface area (Å²) in [6.07, 6.45) is 4.08. The van der Waals surface area contributed by atoms with E-state index in [1.807, 2.05) is 18.2 Å². The Balaban J connectivity index is 0.00000264. The summed E-state index contributed by atoms with van der Waals surface area (Å²) in [6, 6.07) is 8.04. The molecule has 0 bridgehead atoms. The van der Waals surface area contributed by atoms with Gasteiger partial charge in [-0.15, -0.1) is 24.0 Å². The Morgan fingerprint density at radius 2 is 2.04 bits per heavy atom. The lowest BCUT2D eigenvalue weighted by molar-refractivity contribution is 0.0531. The van der Waals surface area contributed by atoms with Crippen LogP contribution in [0.15, 0.2) is 29.3 Å². The molecule has 1 aliphatic heterocycles. The van der Waals surface area contributed by atoms with E-state index in [0.717, 1.165) is 56.0 Å². The van der Waals surface area contributed by atoms with E-state index in [1.165, 1.54) is 0 Å². The highest BCUT2D eigenvalue weighted by molar-refractivity contribution is 14.0. The molecule has 0 unspecified atom stereocenters. The molecule has 2 rings (SSSR count). The van der Waals surface area contributed by atoms with Crippen LogP contribution < -0.4 is 11.1 Å². The van der Waals surface area contributed by atoms with Crippen LogP contribution in [0.2, 0.25) is 5.02 Å². The van der Waals surface area contributed by atoms with Gasteiger partial charge in [-0.25, -0.2) is 0 Å². The van der Waals surface area contributed by atoms with Crippen LogP contribution >= 0.6 is 35.6 Å². The van der Waals surface area contributed by atoms with Crippen LogP contribution in [0.25, 0.3) is 0 Å². The first-order valence-corrected chi connectivity index (χ1v) is 8.42. The number of unbranched alkanes of at least 4 members (excludes halogenated alkanes) is 1. The van der Waals surface area contributed by atoms with Crippen LogP contribution in [-0.2, 0) is 10.2 Å². The molecular weight excluding hydrogens is 425 g/mol. The molecule has 1 saturated heterocycles. The van der Waals surface area contributed by atoms with E-state index in [9.17, 15) is 0 Å². The quantitative estimate of drug-likeness (QED) is 0.300. The smallest absolute Gasteiger partial charge is 0.188 e. The first-order valence-electron chi connectivity index (χ1n) is 8.04. The van der Waals surface area contributed by atoms with E-state index in [-0.39, 0.29) is 29.4 Å². The van der Waals surface area contributed by atoms with Gasteiger partial charge in [0.25, 0.3) is 0 Å². The molecule has 1 aliphatic rings. The molecule has 1 fully saturated rings. The number of rotatable bonds is 6. The predicted octanol–water partition coefficient (Wildman–Crippen LogP) is 3.71. The number of nitrogens with zero attached hydrogens (tertiary/aromatic N) is 1. The summed E-state index contributed by atoms with van der Waals surface area (Å²) in [5.74, 6) is 0.520. The van der Waals surface area contributed by atoms with Gasteiger partial charge in [0, 0.05) is 30.2 Å². The van der Waals surface area contributed by atoms with Gasteiger partial charge in [-0.2, -0.15) is 0 Å². The second kappa shape index (κ2) is 10.4. The largest absolute Gasteiger partial charge is 0.381 e. The Morgan fingerprint density at radius 1 is 1.35 bits per heavy atom. The monoisotopic (exact) mass is 451 g/mol. The summed E-state index contributed by atoms with van der Waals surface area (Å²) in [6.45, 7) is 5.15. The minimum atomic E-state index is -0.0757. The molecule has 1 aromatic rings. The third-order valence-electron chi connectivity index (χ3n) is 4.28. The van der Waals surface area contributed by atoms with Crippen LogP contribution in [0, 0.1) is 0 Å². The number of nitrogens with one attached hydrogen (secondary N) is 1. The maximum absolute atomic E-state index is 6.43. The highest BCUT2D eigenvalue weighted by atomic mass is 127. The summed E-state index contributed by atoms with van der Waals surface area (Å²) < 4.78 is 5.53. The fraction of sp³-hybridized carbons (Fsp3) is 0.588. The lowest BCUT2D eigenvalue weighted by Gasteiger charge is -2.37. The van der Waals surface area contributed by atoms with E-state index >= 15 is 0 Å².